The van der Waals surface area contributed by atoms with Crippen molar-refractivity contribution < 1.29 is 19.1 Å². The number of hydrogen-bond acceptors (Lipinski definition) is 4. The third-order valence-electron chi connectivity index (χ3n) is 3.32. The Balaban J connectivity index is 2.99. The summed E-state index contributed by atoms with van der Waals surface area (Å²) in [7, 11) is 0. The number of alkyl carbamates (subject to hydrolysis) is 1. The fourth-order valence-electron chi connectivity index (χ4n) is 1.88. The first-order valence-corrected chi connectivity index (χ1v) is 7.59. The molecule has 132 valence electrons. The van der Waals surface area contributed by atoms with Crippen molar-refractivity contribution >= 4 is 23.6 Å². The van der Waals surface area contributed by atoms with E-state index in [1.807, 2.05) is 0 Å². The SMILES string of the molecule is CC(C)(C)OC(=O)NC(C(=O)Nc1ccccc1)C(C)(C)C(N)=O. The highest BCUT2D eigenvalue weighted by Gasteiger charge is 2.42. The van der Waals surface area contributed by atoms with Crippen LogP contribution in [-0.2, 0) is 14.3 Å². The van der Waals surface area contributed by atoms with Gasteiger partial charge in [-0.15, -0.1) is 0 Å². The molecule has 1 aromatic carbocycles. The van der Waals surface area contributed by atoms with E-state index < -0.39 is 35.0 Å². The third kappa shape index (κ3) is 5.57. The van der Waals surface area contributed by atoms with E-state index in [0.717, 1.165) is 0 Å². The van der Waals surface area contributed by atoms with Gasteiger partial charge in [0, 0.05) is 5.69 Å². The van der Waals surface area contributed by atoms with Crippen molar-refractivity contribution in [3.05, 3.63) is 30.3 Å². The van der Waals surface area contributed by atoms with Gasteiger partial charge in [-0.05, 0) is 46.8 Å². The minimum absolute atomic E-state index is 0.541. The van der Waals surface area contributed by atoms with Crippen molar-refractivity contribution in [1.82, 2.24) is 5.32 Å². The number of carbonyl (C=O) groups excluding carboxylic acids is 3. The van der Waals surface area contributed by atoms with Crippen molar-refractivity contribution in [2.75, 3.05) is 5.32 Å². The Bertz CT molecular complexity index is 606. The first-order chi connectivity index (χ1) is 10.9. The Morgan fingerprint density at radius 3 is 2.04 bits per heavy atom. The second kappa shape index (κ2) is 7.33. The molecule has 0 aliphatic heterocycles. The number of anilines is 1. The highest BCUT2D eigenvalue weighted by atomic mass is 16.6. The van der Waals surface area contributed by atoms with Gasteiger partial charge < -0.3 is 21.1 Å². The number of hydrogen-bond donors (Lipinski definition) is 3. The van der Waals surface area contributed by atoms with E-state index in [1.54, 1.807) is 51.1 Å². The molecule has 0 saturated carbocycles. The van der Waals surface area contributed by atoms with Gasteiger partial charge in [-0.25, -0.2) is 4.79 Å². The van der Waals surface area contributed by atoms with Crippen molar-refractivity contribution in [3.63, 3.8) is 0 Å². The van der Waals surface area contributed by atoms with E-state index in [2.05, 4.69) is 10.6 Å². The molecule has 0 saturated heterocycles. The van der Waals surface area contributed by atoms with Gasteiger partial charge in [0.2, 0.25) is 11.8 Å². The highest BCUT2D eigenvalue weighted by Crippen LogP contribution is 2.22. The average Bonchev–Trinajstić information content (AvgIpc) is 2.43. The molecule has 0 bridgehead atoms. The van der Waals surface area contributed by atoms with Crippen molar-refractivity contribution in [2.24, 2.45) is 11.1 Å². The summed E-state index contributed by atoms with van der Waals surface area (Å²) in [5, 5.41) is 5.10. The largest absolute Gasteiger partial charge is 0.444 e. The van der Waals surface area contributed by atoms with Crippen LogP contribution < -0.4 is 16.4 Å². The van der Waals surface area contributed by atoms with Gasteiger partial charge >= 0.3 is 6.09 Å². The van der Waals surface area contributed by atoms with Gasteiger partial charge in [0.1, 0.15) is 11.6 Å². The highest BCUT2D eigenvalue weighted by molar-refractivity contribution is 6.01. The van der Waals surface area contributed by atoms with Crippen LogP contribution in [-0.4, -0.2) is 29.6 Å². The lowest BCUT2D eigenvalue weighted by Crippen LogP contribution is -2.57. The number of benzene rings is 1. The normalized spacial score (nSPS) is 12.9. The van der Waals surface area contributed by atoms with Crippen LogP contribution in [0.15, 0.2) is 30.3 Å². The predicted molar refractivity (Wildman–Crippen MR) is 91.2 cm³/mol. The first kappa shape index (κ1) is 19.5. The van der Waals surface area contributed by atoms with Gasteiger partial charge in [-0.2, -0.15) is 0 Å². The fourth-order valence-corrected chi connectivity index (χ4v) is 1.88. The molecule has 0 aliphatic carbocycles. The number of amides is 3. The van der Waals surface area contributed by atoms with Gasteiger partial charge in [0.05, 0.1) is 5.41 Å². The molecule has 1 aromatic rings. The zero-order chi connectivity index (χ0) is 18.5. The number of nitrogens with one attached hydrogen (secondary N) is 2. The average molecular weight is 335 g/mol. The minimum Gasteiger partial charge on any atom is -0.444 e. The second-order valence-corrected chi connectivity index (χ2v) is 7.02. The molecule has 0 aliphatic rings. The molecular formula is C17H25N3O4. The molecule has 0 heterocycles. The number of nitrogens with two attached hydrogens (primary N) is 1. The fraction of sp³-hybridized carbons (Fsp3) is 0.471. The molecule has 24 heavy (non-hydrogen) atoms. The maximum Gasteiger partial charge on any atom is 0.408 e. The molecule has 7 nitrogen and oxygen atoms in total. The van der Waals surface area contributed by atoms with E-state index in [9.17, 15) is 14.4 Å². The van der Waals surface area contributed by atoms with Crippen molar-refractivity contribution in [2.45, 2.75) is 46.3 Å². The Hall–Kier alpha value is -2.57. The van der Waals surface area contributed by atoms with Crippen LogP contribution in [0, 0.1) is 5.41 Å². The van der Waals surface area contributed by atoms with Crippen LogP contribution in [0.4, 0.5) is 10.5 Å². The summed E-state index contributed by atoms with van der Waals surface area (Å²) in [5.74, 6) is -1.28. The van der Waals surface area contributed by atoms with Crippen LogP contribution in [0.5, 0.6) is 0 Å². The Morgan fingerprint density at radius 2 is 1.58 bits per heavy atom. The van der Waals surface area contributed by atoms with Gasteiger partial charge in [0.25, 0.3) is 0 Å². The number of primary amides is 1. The van der Waals surface area contributed by atoms with Crippen LogP contribution in [0.3, 0.4) is 0 Å². The van der Waals surface area contributed by atoms with Gasteiger partial charge in [0.15, 0.2) is 0 Å². The zero-order valence-electron chi connectivity index (χ0n) is 14.7. The lowest BCUT2D eigenvalue weighted by Gasteiger charge is -2.31. The summed E-state index contributed by atoms with van der Waals surface area (Å²) in [6.07, 6.45) is -0.801. The number of ether oxygens (including phenoxy) is 1. The van der Waals surface area contributed by atoms with Crippen LogP contribution in [0.1, 0.15) is 34.6 Å². The third-order valence-corrected chi connectivity index (χ3v) is 3.32. The molecule has 0 fully saturated rings. The van der Waals surface area contributed by atoms with E-state index in [1.165, 1.54) is 13.8 Å². The van der Waals surface area contributed by atoms with E-state index >= 15 is 0 Å². The standard InChI is InChI=1S/C17H25N3O4/c1-16(2,3)24-15(23)20-12(17(4,5)14(18)22)13(21)19-11-9-7-6-8-10-11/h6-10,12H,1-5H3,(H2,18,22)(H,19,21)(H,20,23). The Labute approximate surface area is 141 Å². The van der Waals surface area contributed by atoms with Crippen LogP contribution >= 0.6 is 0 Å². The van der Waals surface area contributed by atoms with Gasteiger partial charge in [-0.3, -0.25) is 9.59 Å². The molecular weight excluding hydrogens is 310 g/mol. The molecule has 1 unspecified atom stereocenters. The van der Waals surface area contributed by atoms with Crippen molar-refractivity contribution in [1.29, 1.82) is 0 Å². The Morgan fingerprint density at radius 1 is 1.04 bits per heavy atom. The first-order valence-electron chi connectivity index (χ1n) is 7.59. The molecule has 1 atom stereocenters. The number of rotatable bonds is 5. The van der Waals surface area contributed by atoms with Crippen LogP contribution in [0.2, 0.25) is 0 Å². The summed E-state index contributed by atoms with van der Waals surface area (Å²) in [6.45, 7) is 8.07. The monoisotopic (exact) mass is 335 g/mol. The predicted octanol–water partition coefficient (Wildman–Crippen LogP) is 2.03. The lowest BCUT2D eigenvalue weighted by atomic mass is 9.83. The number of carbonyl (C=O) groups is 3. The molecule has 0 radical (unpaired) electrons. The molecule has 7 heteroatoms. The van der Waals surface area contributed by atoms with E-state index in [0.29, 0.717) is 5.69 Å². The summed E-state index contributed by atoms with van der Waals surface area (Å²) in [4.78, 5) is 36.3. The smallest absolute Gasteiger partial charge is 0.408 e. The summed E-state index contributed by atoms with van der Waals surface area (Å²) >= 11 is 0. The Kier molecular flexibility index (Phi) is 5.95. The van der Waals surface area contributed by atoms with E-state index in [4.69, 9.17) is 10.5 Å². The van der Waals surface area contributed by atoms with Crippen molar-refractivity contribution in [3.8, 4) is 0 Å². The summed E-state index contributed by atoms with van der Waals surface area (Å²) in [5.41, 5.74) is 3.89. The molecule has 1 rings (SSSR count). The second-order valence-electron chi connectivity index (χ2n) is 7.02. The summed E-state index contributed by atoms with van der Waals surface area (Å²) < 4.78 is 5.16. The summed E-state index contributed by atoms with van der Waals surface area (Å²) in [6, 6.07) is 7.51. The zero-order valence-corrected chi connectivity index (χ0v) is 14.7. The van der Waals surface area contributed by atoms with Gasteiger partial charge in [-0.1, -0.05) is 18.2 Å². The maximum atomic E-state index is 12.6. The van der Waals surface area contributed by atoms with Crippen LogP contribution in [0.25, 0.3) is 0 Å². The minimum atomic E-state index is -1.31. The van der Waals surface area contributed by atoms with E-state index in [-0.39, 0.29) is 0 Å². The topological polar surface area (TPSA) is 111 Å². The molecule has 4 N–H and O–H groups in total. The number of para-hydroxylation sites is 1. The molecule has 0 spiro atoms. The molecule has 0 aromatic heterocycles. The lowest BCUT2D eigenvalue weighted by molar-refractivity contribution is -0.133. The molecule has 3 amide bonds. The quantitative estimate of drug-likeness (QED) is 0.764. The maximum absolute atomic E-state index is 12.6.